The monoisotopic (exact) mass is 217 g/mol. The second-order valence-electron chi connectivity index (χ2n) is 4.36. The third kappa shape index (κ3) is 2.96. The van der Waals surface area contributed by atoms with Gasteiger partial charge in [-0.05, 0) is 31.4 Å². The number of nitrogens with one attached hydrogen (secondary N) is 1. The van der Waals surface area contributed by atoms with Gasteiger partial charge in [-0.3, -0.25) is 0 Å². The fourth-order valence-corrected chi connectivity index (χ4v) is 1.67. The summed E-state index contributed by atoms with van der Waals surface area (Å²) >= 11 is 0. The van der Waals surface area contributed by atoms with Crippen molar-refractivity contribution in [3.63, 3.8) is 0 Å². The Morgan fingerprint density at radius 3 is 2.62 bits per heavy atom. The molecular weight excluding hydrogens is 198 g/mol. The molecule has 0 aliphatic carbocycles. The molecule has 3 heteroatoms. The second kappa shape index (κ2) is 5.50. The summed E-state index contributed by atoms with van der Waals surface area (Å²) in [7, 11) is 0. The van der Waals surface area contributed by atoms with Gasteiger partial charge in [-0.25, -0.2) is 4.98 Å². The number of hydrogen-bond donors (Lipinski definition) is 1. The quantitative estimate of drug-likeness (QED) is 0.843. The molecule has 16 heavy (non-hydrogen) atoms. The van der Waals surface area contributed by atoms with E-state index >= 15 is 0 Å². The first kappa shape index (κ1) is 12.5. The SMILES string of the molecule is CCC(Nc1nc(C)ccc1C#N)C(C)C. The van der Waals surface area contributed by atoms with E-state index in [0.717, 1.165) is 12.1 Å². The molecule has 1 unspecified atom stereocenters. The summed E-state index contributed by atoms with van der Waals surface area (Å²) in [5, 5.41) is 12.4. The molecule has 1 atom stereocenters. The predicted octanol–water partition coefficient (Wildman–Crippen LogP) is 3.11. The van der Waals surface area contributed by atoms with Gasteiger partial charge in [0.25, 0.3) is 0 Å². The summed E-state index contributed by atoms with van der Waals surface area (Å²) in [5.41, 5.74) is 1.55. The molecule has 0 aliphatic heterocycles. The lowest BCUT2D eigenvalue weighted by molar-refractivity contribution is 0.509. The lowest BCUT2D eigenvalue weighted by Crippen LogP contribution is -2.25. The van der Waals surface area contributed by atoms with Crippen molar-refractivity contribution in [1.29, 1.82) is 5.26 Å². The number of rotatable bonds is 4. The molecular formula is C13H19N3. The van der Waals surface area contributed by atoms with Crippen molar-refractivity contribution < 1.29 is 0 Å². The van der Waals surface area contributed by atoms with Crippen LogP contribution in [-0.2, 0) is 0 Å². The van der Waals surface area contributed by atoms with Gasteiger partial charge in [0.2, 0.25) is 0 Å². The van der Waals surface area contributed by atoms with Crippen LogP contribution in [0.3, 0.4) is 0 Å². The summed E-state index contributed by atoms with van der Waals surface area (Å²) in [6, 6.07) is 6.21. The van der Waals surface area contributed by atoms with Crippen LogP contribution in [0.15, 0.2) is 12.1 Å². The summed E-state index contributed by atoms with van der Waals surface area (Å²) in [6.07, 6.45) is 1.03. The first-order chi connectivity index (χ1) is 7.58. The minimum atomic E-state index is 0.362. The van der Waals surface area contributed by atoms with E-state index in [1.165, 1.54) is 0 Å². The molecule has 3 nitrogen and oxygen atoms in total. The largest absolute Gasteiger partial charge is 0.366 e. The molecule has 86 valence electrons. The Balaban J connectivity index is 2.95. The van der Waals surface area contributed by atoms with E-state index in [1.807, 2.05) is 19.1 Å². The van der Waals surface area contributed by atoms with Crippen molar-refractivity contribution in [3.05, 3.63) is 23.4 Å². The molecule has 0 radical (unpaired) electrons. The number of hydrogen-bond acceptors (Lipinski definition) is 3. The molecule has 0 spiro atoms. The summed E-state index contributed by atoms with van der Waals surface area (Å²) in [4.78, 5) is 4.38. The smallest absolute Gasteiger partial charge is 0.144 e. The van der Waals surface area contributed by atoms with Crippen LogP contribution in [0.2, 0.25) is 0 Å². The van der Waals surface area contributed by atoms with Gasteiger partial charge < -0.3 is 5.32 Å². The Labute approximate surface area is 97.5 Å². The van der Waals surface area contributed by atoms with Crippen molar-refractivity contribution in [1.82, 2.24) is 4.98 Å². The molecule has 1 aromatic heterocycles. The van der Waals surface area contributed by atoms with Gasteiger partial charge in [0.05, 0.1) is 5.56 Å². The minimum absolute atomic E-state index is 0.362. The molecule has 0 aliphatic rings. The zero-order valence-corrected chi connectivity index (χ0v) is 10.4. The van der Waals surface area contributed by atoms with Crippen LogP contribution in [-0.4, -0.2) is 11.0 Å². The van der Waals surface area contributed by atoms with Crippen LogP contribution >= 0.6 is 0 Å². The molecule has 1 N–H and O–H groups in total. The number of aryl methyl sites for hydroxylation is 1. The lowest BCUT2D eigenvalue weighted by atomic mass is 10.0. The van der Waals surface area contributed by atoms with E-state index in [1.54, 1.807) is 0 Å². The van der Waals surface area contributed by atoms with Crippen molar-refractivity contribution >= 4 is 5.82 Å². The van der Waals surface area contributed by atoms with E-state index in [4.69, 9.17) is 5.26 Å². The van der Waals surface area contributed by atoms with Crippen LogP contribution < -0.4 is 5.32 Å². The van der Waals surface area contributed by atoms with Gasteiger partial charge in [0.15, 0.2) is 0 Å². The average molecular weight is 217 g/mol. The van der Waals surface area contributed by atoms with E-state index in [2.05, 4.69) is 37.1 Å². The Bertz CT molecular complexity index is 391. The maximum absolute atomic E-state index is 9.00. The van der Waals surface area contributed by atoms with Crippen molar-refractivity contribution in [2.24, 2.45) is 5.92 Å². The standard InChI is InChI=1S/C13H19N3/c1-5-12(9(2)3)16-13-11(8-14)7-6-10(4)15-13/h6-7,9,12H,5H2,1-4H3,(H,15,16). The summed E-state index contributed by atoms with van der Waals surface area (Å²) in [5.74, 6) is 1.24. The highest BCUT2D eigenvalue weighted by molar-refractivity contribution is 5.52. The van der Waals surface area contributed by atoms with E-state index in [-0.39, 0.29) is 0 Å². The molecule has 1 heterocycles. The van der Waals surface area contributed by atoms with Gasteiger partial charge in [-0.1, -0.05) is 20.8 Å². The predicted molar refractivity (Wildman–Crippen MR) is 66.2 cm³/mol. The zero-order valence-electron chi connectivity index (χ0n) is 10.4. The number of anilines is 1. The number of pyridine rings is 1. The Kier molecular flexibility index (Phi) is 4.30. The highest BCUT2D eigenvalue weighted by Gasteiger charge is 2.13. The summed E-state index contributed by atoms with van der Waals surface area (Å²) < 4.78 is 0. The Morgan fingerprint density at radius 1 is 1.44 bits per heavy atom. The van der Waals surface area contributed by atoms with Gasteiger partial charge in [-0.15, -0.1) is 0 Å². The summed E-state index contributed by atoms with van der Waals surface area (Å²) in [6.45, 7) is 8.41. The van der Waals surface area contributed by atoms with Gasteiger partial charge in [-0.2, -0.15) is 5.26 Å². The number of nitrogens with zero attached hydrogens (tertiary/aromatic N) is 2. The zero-order chi connectivity index (χ0) is 12.1. The van der Waals surface area contributed by atoms with Gasteiger partial charge in [0, 0.05) is 11.7 Å². The van der Waals surface area contributed by atoms with Crippen molar-refractivity contribution in [2.75, 3.05) is 5.32 Å². The van der Waals surface area contributed by atoms with E-state index < -0.39 is 0 Å². The molecule has 1 rings (SSSR count). The Morgan fingerprint density at radius 2 is 2.12 bits per heavy atom. The third-order valence-corrected chi connectivity index (χ3v) is 2.72. The van der Waals surface area contributed by atoms with Crippen molar-refractivity contribution in [3.8, 4) is 6.07 Å². The maximum Gasteiger partial charge on any atom is 0.144 e. The van der Waals surface area contributed by atoms with Crippen LogP contribution in [0.1, 0.15) is 38.4 Å². The van der Waals surface area contributed by atoms with Crippen LogP contribution in [0.25, 0.3) is 0 Å². The van der Waals surface area contributed by atoms with Crippen LogP contribution in [0.5, 0.6) is 0 Å². The van der Waals surface area contributed by atoms with Crippen molar-refractivity contribution in [2.45, 2.75) is 40.2 Å². The number of nitriles is 1. The first-order valence-electron chi connectivity index (χ1n) is 5.72. The maximum atomic E-state index is 9.00. The minimum Gasteiger partial charge on any atom is -0.366 e. The highest BCUT2D eigenvalue weighted by Crippen LogP contribution is 2.17. The van der Waals surface area contributed by atoms with Crippen LogP contribution in [0, 0.1) is 24.2 Å². The number of aromatic nitrogens is 1. The topological polar surface area (TPSA) is 48.7 Å². The molecule has 0 saturated carbocycles. The van der Waals surface area contributed by atoms with Crippen LogP contribution in [0.4, 0.5) is 5.82 Å². The molecule has 0 fully saturated rings. The fraction of sp³-hybridized carbons (Fsp3) is 0.538. The molecule has 0 amide bonds. The fourth-order valence-electron chi connectivity index (χ4n) is 1.67. The van der Waals surface area contributed by atoms with E-state index in [0.29, 0.717) is 23.3 Å². The van der Waals surface area contributed by atoms with Gasteiger partial charge >= 0.3 is 0 Å². The second-order valence-corrected chi connectivity index (χ2v) is 4.36. The Hall–Kier alpha value is -1.56. The molecule has 0 saturated heterocycles. The third-order valence-electron chi connectivity index (χ3n) is 2.72. The molecule has 0 aromatic carbocycles. The average Bonchev–Trinajstić information content (AvgIpc) is 2.25. The normalized spacial score (nSPS) is 12.2. The molecule has 0 bridgehead atoms. The lowest BCUT2D eigenvalue weighted by Gasteiger charge is -2.22. The van der Waals surface area contributed by atoms with E-state index in [9.17, 15) is 0 Å². The first-order valence-corrected chi connectivity index (χ1v) is 5.72. The molecule has 1 aromatic rings. The highest BCUT2D eigenvalue weighted by atomic mass is 15.0. The van der Waals surface area contributed by atoms with Gasteiger partial charge in [0.1, 0.15) is 11.9 Å².